The minimum absolute atomic E-state index is 0.214. The molecule has 2 heterocycles. The Hall–Kier alpha value is -3.13. The van der Waals surface area contributed by atoms with E-state index in [0.29, 0.717) is 27.9 Å². The minimum Gasteiger partial charge on any atom is -0.460 e. The van der Waals surface area contributed by atoms with Gasteiger partial charge in [0.15, 0.2) is 11.0 Å². The van der Waals surface area contributed by atoms with E-state index < -0.39 is 5.97 Å². The Labute approximate surface area is 201 Å². The molecule has 0 saturated heterocycles. The van der Waals surface area contributed by atoms with Gasteiger partial charge in [-0.15, -0.1) is 10.2 Å². The summed E-state index contributed by atoms with van der Waals surface area (Å²) in [5, 5.41) is 10.5. The van der Waals surface area contributed by atoms with Crippen LogP contribution in [0.2, 0.25) is 0 Å². The summed E-state index contributed by atoms with van der Waals surface area (Å²) in [4.78, 5) is 12.6. The highest BCUT2D eigenvalue weighted by Gasteiger charge is 2.27. The lowest BCUT2D eigenvalue weighted by molar-refractivity contribution is 0.0491. The number of nitrogens with zero attached hydrogens (tertiary/aromatic N) is 3. The molecule has 0 amide bonds. The molecule has 0 bridgehead atoms. The Morgan fingerprint density at radius 1 is 1.12 bits per heavy atom. The van der Waals surface area contributed by atoms with Gasteiger partial charge in [-0.05, 0) is 38.0 Å². The molecule has 34 heavy (non-hydrogen) atoms. The summed E-state index contributed by atoms with van der Waals surface area (Å²) in [6, 6.07) is 14.5. The number of para-hydroxylation sites is 1. The SMILES string of the molecule is CCOC(=O)c1oc2ccccc2c1CSc1nnc(-c2ccccc2F)n1C1CCCCC1. The average molecular weight is 480 g/mol. The largest absolute Gasteiger partial charge is 0.460 e. The predicted molar refractivity (Wildman–Crippen MR) is 129 cm³/mol. The van der Waals surface area contributed by atoms with Gasteiger partial charge in [-0.2, -0.15) is 0 Å². The minimum atomic E-state index is -0.477. The van der Waals surface area contributed by atoms with Gasteiger partial charge < -0.3 is 9.15 Å². The smallest absolute Gasteiger partial charge is 0.374 e. The monoisotopic (exact) mass is 479 g/mol. The first-order chi connectivity index (χ1) is 16.7. The maximum atomic E-state index is 14.7. The fraction of sp³-hybridized carbons (Fsp3) is 0.346. The maximum absolute atomic E-state index is 14.7. The standard InChI is InChI=1S/C26H26FN3O3S/c1-2-32-25(31)23-20(18-12-7-9-15-22(18)33-23)16-34-26-29-28-24(19-13-6-8-14-21(19)27)30(26)17-10-4-3-5-11-17/h6-9,12-15,17H,2-5,10-11,16H2,1H3. The van der Waals surface area contributed by atoms with Crippen molar-refractivity contribution >= 4 is 28.7 Å². The fourth-order valence-electron chi connectivity index (χ4n) is 4.61. The topological polar surface area (TPSA) is 70.2 Å². The molecule has 6 nitrogen and oxygen atoms in total. The number of esters is 1. The zero-order chi connectivity index (χ0) is 23.5. The number of furan rings is 1. The van der Waals surface area contributed by atoms with Crippen LogP contribution in [0, 0.1) is 5.82 Å². The summed E-state index contributed by atoms with van der Waals surface area (Å²) in [6.07, 6.45) is 5.48. The number of rotatable bonds is 7. The van der Waals surface area contributed by atoms with Crippen LogP contribution in [0.1, 0.15) is 61.2 Å². The average Bonchev–Trinajstić information content (AvgIpc) is 3.45. The third-order valence-corrected chi connectivity index (χ3v) is 7.19. The van der Waals surface area contributed by atoms with Gasteiger partial charge in [-0.1, -0.05) is 61.4 Å². The highest BCUT2D eigenvalue weighted by atomic mass is 32.2. The molecule has 0 unspecified atom stereocenters. The summed E-state index contributed by atoms with van der Waals surface area (Å²) in [5.41, 5.74) is 1.86. The molecular formula is C26H26FN3O3S. The molecule has 0 N–H and O–H groups in total. The first kappa shape index (κ1) is 22.7. The third-order valence-electron chi connectivity index (χ3n) is 6.22. The van der Waals surface area contributed by atoms with E-state index in [9.17, 15) is 9.18 Å². The molecule has 1 saturated carbocycles. The van der Waals surface area contributed by atoms with Crippen molar-refractivity contribution in [3.63, 3.8) is 0 Å². The van der Waals surface area contributed by atoms with E-state index in [4.69, 9.17) is 9.15 Å². The molecule has 0 radical (unpaired) electrons. The Morgan fingerprint density at radius 2 is 1.88 bits per heavy atom. The zero-order valence-electron chi connectivity index (χ0n) is 19.0. The van der Waals surface area contributed by atoms with Gasteiger partial charge in [0, 0.05) is 22.7 Å². The van der Waals surface area contributed by atoms with Crippen molar-refractivity contribution in [2.45, 2.75) is 56.0 Å². The van der Waals surface area contributed by atoms with E-state index in [1.807, 2.05) is 30.3 Å². The Balaban J connectivity index is 1.52. The molecular weight excluding hydrogens is 453 g/mol. The van der Waals surface area contributed by atoms with Gasteiger partial charge >= 0.3 is 5.97 Å². The number of halogens is 1. The van der Waals surface area contributed by atoms with Gasteiger partial charge in [-0.25, -0.2) is 9.18 Å². The maximum Gasteiger partial charge on any atom is 0.374 e. The van der Waals surface area contributed by atoms with Crippen LogP contribution in [0.25, 0.3) is 22.4 Å². The Bertz CT molecular complexity index is 1310. The molecule has 176 valence electrons. The Morgan fingerprint density at radius 3 is 2.68 bits per heavy atom. The number of thioether (sulfide) groups is 1. The van der Waals surface area contributed by atoms with Crippen molar-refractivity contribution in [2.24, 2.45) is 0 Å². The number of benzene rings is 2. The summed E-state index contributed by atoms with van der Waals surface area (Å²) in [6.45, 7) is 2.04. The van der Waals surface area contributed by atoms with Crippen LogP contribution < -0.4 is 0 Å². The van der Waals surface area contributed by atoms with Crippen molar-refractivity contribution in [2.75, 3.05) is 6.61 Å². The van der Waals surface area contributed by atoms with E-state index in [-0.39, 0.29) is 24.2 Å². The number of aromatic nitrogens is 3. The molecule has 0 atom stereocenters. The number of carbonyl (C=O) groups is 1. The molecule has 2 aromatic heterocycles. The second kappa shape index (κ2) is 10.0. The lowest BCUT2D eigenvalue weighted by Crippen LogP contribution is -2.15. The number of fused-ring (bicyclic) bond motifs is 1. The second-order valence-corrected chi connectivity index (χ2v) is 9.31. The van der Waals surface area contributed by atoms with E-state index in [2.05, 4.69) is 14.8 Å². The molecule has 1 aliphatic carbocycles. The van der Waals surface area contributed by atoms with Crippen LogP contribution in [-0.2, 0) is 10.5 Å². The number of ether oxygens (including phenoxy) is 1. The summed E-state index contributed by atoms with van der Waals surface area (Å²) >= 11 is 1.48. The van der Waals surface area contributed by atoms with Crippen molar-refractivity contribution < 1.29 is 18.3 Å². The zero-order valence-corrected chi connectivity index (χ0v) is 19.8. The number of hydrogen-bond donors (Lipinski definition) is 0. The molecule has 5 rings (SSSR count). The quantitative estimate of drug-likeness (QED) is 0.214. The summed E-state index contributed by atoms with van der Waals surface area (Å²) in [5.74, 6) is 0.431. The lowest BCUT2D eigenvalue weighted by atomic mass is 9.95. The van der Waals surface area contributed by atoms with Crippen molar-refractivity contribution in [1.82, 2.24) is 14.8 Å². The third kappa shape index (κ3) is 4.34. The molecule has 0 spiro atoms. The van der Waals surface area contributed by atoms with Crippen molar-refractivity contribution in [3.8, 4) is 11.4 Å². The first-order valence-electron chi connectivity index (χ1n) is 11.7. The normalized spacial score (nSPS) is 14.5. The van der Waals surface area contributed by atoms with Crippen LogP contribution >= 0.6 is 11.8 Å². The van der Waals surface area contributed by atoms with Crippen molar-refractivity contribution in [3.05, 3.63) is 65.7 Å². The van der Waals surface area contributed by atoms with Gasteiger partial charge in [-0.3, -0.25) is 4.57 Å². The highest BCUT2D eigenvalue weighted by Crippen LogP contribution is 2.38. The van der Waals surface area contributed by atoms with Crippen molar-refractivity contribution in [1.29, 1.82) is 0 Å². The van der Waals surface area contributed by atoms with Gasteiger partial charge in [0.1, 0.15) is 11.4 Å². The van der Waals surface area contributed by atoms with E-state index in [1.54, 1.807) is 19.1 Å². The van der Waals surface area contributed by atoms with Crippen LogP contribution in [-0.4, -0.2) is 27.3 Å². The number of carbonyl (C=O) groups excluding carboxylic acids is 1. The van der Waals surface area contributed by atoms with Crippen LogP contribution in [0.4, 0.5) is 4.39 Å². The molecule has 1 aliphatic rings. The van der Waals surface area contributed by atoms with E-state index in [0.717, 1.165) is 36.6 Å². The molecule has 1 fully saturated rings. The molecule has 4 aromatic rings. The second-order valence-electron chi connectivity index (χ2n) is 8.36. The van der Waals surface area contributed by atoms with Gasteiger partial charge in [0.25, 0.3) is 0 Å². The molecule has 8 heteroatoms. The van der Waals surface area contributed by atoms with Gasteiger partial charge in [0.05, 0.1) is 12.2 Å². The Kier molecular flexibility index (Phi) is 6.67. The molecule has 2 aromatic carbocycles. The van der Waals surface area contributed by atoms with E-state index in [1.165, 1.54) is 24.2 Å². The highest BCUT2D eigenvalue weighted by molar-refractivity contribution is 7.98. The van der Waals surface area contributed by atoms with Crippen LogP contribution in [0.15, 0.2) is 58.1 Å². The van der Waals surface area contributed by atoms with Crippen LogP contribution in [0.5, 0.6) is 0 Å². The summed E-state index contributed by atoms with van der Waals surface area (Å²) in [7, 11) is 0. The molecule has 0 aliphatic heterocycles. The number of hydrogen-bond acceptors (Lipinski definition) is 6. The van der Waals surface area contributed by atoms with Gasteiger partial charge in [0.2, 0.25) is 5.76 Å². The first-order valence-corrected chi connectivity index (χ1v) is 12.7. The lowest BCUT2D eigenvalue weighted by Gasteiger charge is -2.25. The van der Waals surface area contributed by atoms with E-state index >= 15 is 0 Å². The van der Waals surface area contributed by atoms with Crippen LogP contribution in [0.3, 0.4) is 0 Å². The fourth-order valence-corrected chi connectivity index (χ4v) is 5.64. The summed E-state index contributed by atoms with van der Waals surface area (Å²) < 4.78 is 27.9. The predicted octanol–water partition coefficient (Wildman–Crippen LogP) is 6.80.